The molecule has 0 bridgehead atoms. The fourth-order valence-corrected chi connectivity index (χ4v) is 3.30. The van der Waals surface area contributed by atoms with Crippen molar-refractivity contribution in [2.45, 2.75) is 12.1 Å². The van der Waals surface area contributed by atoms with Gasteiger partial charge in [-0.05, 0) is 43.3 Å². The Morgan fingerprint density at radius 1 is 1.18 bits per heavy atom. The van der Waals surface area contributed by atoms with Crippen LogP contribution in [0.25, 0.3) is 5.69 Å². The van der Waals surface area contributed by atoms with Crippen molar-refractivity contribution in [3.8, 4) is 17.3 Å². The molecule has 3 rings (SSSR count). The maximum Gasteiger partial charge on any atom is 0.262 e. The number of benzene rings is 2. The molecular weight excluding hydrogens is 378 g/mol. The minimum atomic E-state index is -0.423. The highest BCUT2D eigenvalue weighted by Gasteiger charge is 2.13. The standard InChI is InChI=1S/C20H19N3O4S/c1-2-27-16-10-8-14(9-11-16)21-18(25)13-28-20-22-17(24)12-19(26)23(20)15-6-4-3-5-7-15/h3-12,24H,2,13H2,1H3,(H,21,25). The van der Waals surface area contributed by atoms with Gasteiger partial charge in [0.05, 0.1) is 24.1 Å². The van der Waals surface area contributed by atoms with Crippen LogP contribution < -0.4 is 15.6 Å². The summed E-state index contributed by atoms with van der Waals surface area (Å²) < 4.78 is 6.72. The monoisotopic (exact) mass is 397 g/mol. The van der Waals surface area contributed by atoms with E-state index in [-0.39, 0.29) is 22.7 Å². The van der Waals surface area contributed by atoms with Gasteiger partial charge in [-0.25, -0.2) is 0 Å². The third-order valence-corrected chi connectivity index (χ3v) is 4.61. The van der Waals surface area contributed by atoms with Crippen LogP contribution in [0.4, 0.5) is 5.69 Å². The molecule has 1 aromatic heterocycles. The molecule has 0 saturated carbocycles. The fraction of sp³-hybridized carbons (Fsp3) is 0.150. The average molecular weight is 397 g/mol. The van der Waals surface area contributed by atoms with Crippen LogP contribution in [-0.4, -0.2) is 32.9 Å². The lowest BCUT2D eigenvalue weighted by Gasteiger charge is -2.12. The summed E-state index contributed by atoms with van der Waals surface area (Å²) >= 11 is 1.06. The lowest BCUT2D eigenvalue weighted by Crippen LogP contribution is -2.21. The lowest BCUT2D eigenvalue weighted by atomic mass is 10.3. The summed E-state index contributed by atoms with van der Waals surface area (Å²) in [5, 5.41) is 12.7. The van der Waals surface area contributed by atoms with Crippen LogP contribution in [0.15, 0.2) is 70.6 Å². The van der Waals surface area contributed by atoms with E-state index in [0.717, 1.165) is 23.6 Å². The second kappa shape index (κ2) is 9.09. The van der Waals surface area contributed by atoms with Crippen LogP contribution in [0.3, 0.4) is 0 Å². The molecular formula is C20H19N3O4S. The number of thioether (sulfide) groups is 1. The van der Waals surface area contributed by atoms with Gasteiger partial charge in [-0.15, -0.1) is 0 Å². The first kappa shape index (κ1) is 19.5. The molecule has 1 amide bonds. The van der Waals surface area contributed by atoms with Gasteiger partial charge in [-0.3, -0.25) is 14.2 Å². The second-order valence-corrected chi connectivity index (χ2v) is 6.64. The van der Waals surface area contributed by atoms with Crippen LogP contribution >= 0.6 is 11.8 Å². The van der Waals surface area contributed by atoms with Gasteiger partial charge in [0.1, 0.15) is 5.75 Å². The minimum absolute atomic E-state index is 0.0237. The van der Waals surface area contributed by atoms with Crippen molar-refractivity contribution < 1.29 is 14.6 Å². The molecule has 0 aliphatic heterocycles. The number of carbonyl (C=O) groups excluding carboxylic acids is 1. The smallest absolute Gasteiger partial charge is 0.262 e. The summed E-state index contributed by atoms with van der Waals surface area (Å²) in [5.41, 5.74) is 0.820. The number of hydrogen-bond donors (Lipinski definition) is 2. The normalized spacial score (nSPS) is 10.5. The molecule has 28 heavy (non-hydrogen) atoms. The largest absolute Gasteiger partial charge is 0.494 e. The molecule has 0 aliphatic carbocycles. The molecule has 8 heteroatoms. The number of aromatic hydroxyl groups is 1. The van der Waals surface area contributed by atoms with Gasteiger partial charge < -0.3 is 15.2 Å². The molecule has 0 atom stereocenters. The number of aromatic nitrogens is 2. The SMILES string of the molecule is CCOc1ccc(NC(=O)CSc2nc(O)cc(=O)n2-c2ccccc2)cc1. The summed E-state index contributed by atoms with van der Waals surface area (Å²) in [6, 6.07) is 17.0. The Morgan fingerprint density at radius 3 is 2.57 bits per heavy atom. The van der Waals surface area contributed by atoms with Crippen molar-refractivity contribution in [2.24, 2.45) is 0 Å². The molecule has 2 N–H and O–H groups in total. The number of para-hydroxylation sites is 1. The van der Waals surface area contributed by atoms with Crippen molar-refractivity contribution in [1.82, 2.24) is 9.55 Å². The van der Waals surface area contributed by atoms with Crippen LogP contribution in [0, 0.1) is 0 Å². The zero-order chi connectivity index (χ0) is 19.9. The van der Waals surface area contributed by atoms with Gasteiger partial charge in [0.2, 0.25) is 11.8 Å². The number of nitrogens with zero attached hydrogens (tertiary/aromatic N) is 2. The molecule has 0 fully saturated rings. The Hall–Kier alpha value is -3.26. The van der Waals surface area contributed by atoms with Gasteiger partial charge in [-0.2, -0.15) is 4.98 Å². The van der Waals surface area contributed by atoms with Crippen LogP contribution in [0.2, 0.25) is 0 Å². The maximum absolute atomic E-state index is 12.3. The van der Waals surface area contributed by atoms with E-state index in [0.29, 0.717) is 18.0 Å². The van der Waals surface area contributed by atoms with Crippen LogP contribution in [-0.2, 0) is 4.79 Å². The fourth-order valence-electron chi connectivity index (χ4n) is 2.49. The van der Waals surface area contributed by atoms with Crippen molar-refractivity contribution >= 4 is 23.4 Å². The van der Waals surface area contributed by atoms with Crippen molar-refractivity contribution in [3.63, 3.8) is 0 Å². The van der Waals surface area contributed by atoms with E-state index >= 15 is 0 Å². The quantitative estimate of drug-likeness (QED) is 0.470. The molecule has 3 aromatic rings. The molecule has 144 valence electrons. The third-order valence-electron chi connectivity index (χ3n) is 3.67. The predicted octanol–water partition coefficient (Wildman–Crippen LogP) is 3.07. The summed E-state index contributed by atoms with van der Waals surface area (Å²) in [7, 11) is 0. The van der Waals surface area contributed by atoms with Gasteiger partial charge in [0.25, 0.3) is 5.56 Å². The third kappa shape index (κ3) is 4.92. The van der Waals surface area contributed by atoms with Crippen molar-refractivity contribution in [2.75, 3.05) is 17.7 Å². The maximum atomic E-state index is 12.3. The molecule has 0 radical (unpaired) electrons. The van der Waals surface area contributed by atoms with E-state index < -0.39 is 5.56 Å². The Bertz CT molecular complexity index is 1000. The number of rotatable bonds is 7. The van der Waals surface area contributed by atoms with E-state index in [9.17, 15) is 14.7 Å². The highest BCUT2D eigenvalue weighted by molar-refractivity contribution is 7.99. The summed E-state index contributed by atoms with van der Waals surface area (Å²) in [6.07, 6.45) is 0. The second-order valence-electron chi connectivity index (χ2n) is 5.70. The van der Waals surface area contributed by atoms with Crippen molar-refractivity contribution in [1.29, 1.82) is 0 Å². The Balaban J connectivity index is 1.72. The van der Waals surface area contributed by atoms with E-state index in [2.05, 4.69) is 10.3 Å². The van der Waals surface area contributed by atoms with Gasteiger partial charge in [0.15, 0.2) is 5.16 Å². The number of amides is 1. The summed E-state index contributed by atoms with van der Waals surface area (Å²) in [5.74, 6) is 0.110. The van der Waals surface area contributed by atoms with E-state index in [4.69, 9.17) is 4.74 Å². The highest BCUT2D eigenvalue weighted by atomic mass is 32.2. The highest BCUT2D eigenvalue weighted by Crippen LogP contribution is 2.21. The number of ether oxygens (including phenoxy) is 1. The topological polar surface area (TPSA) is 93.5 Å². The Labute approximate surface area is 166 Å². The first-order chi connectivity index (χ1) is 13.6. The van der Waals surface area contributed by atoms with E-state index in [1.165, 1.54) is 4.57 Å². The number of carbonyl (C=O) groups is 1. The minimum Gasteiger partial charge on any atom is -0.494 e. The van der Waals surface area contributed by atoms with E-state index in [1.54, 1.807) is 48.5 Å². The lowest BCUT2D eigenvalue weighted by molar-refractivity contribution is -0.113. The zero-order valence-corrected chi connectivity index (χ0v) is 16.0. The Kier molecular flexibility index (Phi) is 6.33. The molecule has 7 nitrogen and oxygen atoms in total. The van der Waals surface area contributed by atoms with Crippen LogP contribution in [0.1, 0.15) is 6.92 Å². The summed E-state index contributed by atoms with van der Waals surface area (Å²) in [6.45, 7) is 2.47. The molecule has 2 aromatic carbocycles. The van der Waals surface area contributed by atoms with Gasteiger partial charge in [-0.1, -0.05) is 30.0 Å². The molecule has 0 unspecified atom stereocenters. The molecule has 0 saturated heterocycles. The molecule has 0 aliphatic rings. The van der Waals surface area contributed by atoms with Gasteiger partial charge in [0, 0.05) is 5.69 Å². The first-order valence-electron chi connectivity index (χ1n) is 8.61. The predicted molar refractivity (Wildman–Crippen MR) is 108 cm³/mol. The van der Waals surface area contributed by atoms with Gasteiger partial charge >= 0.3 is 0 Å². The number of nitrogens with one attached hydrogen (secondary N) is 1. The number of hydrogen-bond acceptors (Lipinski definition) is 6. The number of anilines is 1. The molecule has 0 spiro atoms. The average Bonchev–Trinajstić information content (AvgIpc) is 2.68. The van der Waals surface area contributed by atoms with Crippen molar-refractivity contribution in [3.05, 3.63) is 71.0 Å². The molecule has 1 heterocycles. The van der Waals surface area contributed by atoms with E-state index in [1.807, 2.05) is 13.0 Å². The van der Waals surface area contributed by atoms with Crippen LogP contribution in [0.5, 0.6) is 11.6 Å². The summed E-state index contributed by atoms with van der Waals surface area (Å²) in [4.78, 5) is 28.6. The first-order valence-corrected chi connectivity index (χ1v) is 9.59. The Morgan fingerprint density at radius 2 is 1.89 bits per heavy atom. The zero-order valence-electron chi connectivity index (χ0n) is 15.2.